The molecule has 0 radical (unpaired) electrons. The first-order valence-electron chi connectivity index (χ1n) is 14.5. The number of carbonyl (C=O) groups excluding carboxylic acids is 5. The molecule has 11 nitrogen and oxygen atoms in total. The lowest BCUT2D eigenvalue weighted by molar-refractivity contribution is -0.181. The Hall–Kier alpha value is -3.93. The number of nitrogens with two attached hydrogens (primary N) is 1. The average molecular weight is 590 g/mol. The lowest BCUT2D eigenvalue weighted by Crippen LogP contribution is -2.74. The molecule has 4 aliphatic rings. The first kappa shape index (κ1) is 29.2. The van der Waals surface area contributed by atoms with Crippen molar-refractivity contribution < 1.29 is 38.9 Å². The lowest BCUT2D eigenvalue weighted by atomic mass is 9.52. The molecule has 2 unspecified atom stereocenters. The molecule has 6 rings (SSSR count). The summed E-state index contributed by atoms with van der Waals surface area (Å²) >= 11 is 0. The van der Waals surface area contributed by atoms with Gasteiger partial charge in [0.05, 0.1) is 24.6 Å². The number of aromatic hydroxyl groups is 1. The molecule has 0 spiro atoms. The Morgan fingerprint density at radius 2 is 1.74 bits per heavy atom. The molecule has 0 bridgehead atoms. The second-order valence-electron chi connectivity index (χ2n) is 12.5. The highest BCUT2D eigenvalue weighted by atomic mass is 16.5. The van der Waals surface area contributed by atoms with Crippen LogP contribution in [-0.2, 0) is 45.0 Å². The van der Waals surface area contributed by atoms with Gasteiger partial charge in [0.25, 0.3) is 0 Å². The van der Waals surface area contributed by atoms with Gasteiger partial charge in [-0.05, 0) is 62.9 Å². The molecule has 2 saturated carbocycles. The fourth-order valence-corrected chi connectivity index (χ4v) is 8.06. The second-order valence-corrected chi connectivity index (χ2v) is 12.5. The number of hydrogen-bond donors (Lipinski definition) is 4. The summed E-state index contributed by atoms with van der Waals surface area (Å²) in [5, 5.41) is 26.3. The van der Waals surface area contributed by atoms with E-state index in [1.807, 2.05) is 12.1 Å². The molecule has 1 amide bonds. The molecule has 0 aromatic heterocycles. The summed E-state index contributed by atoms with van der Waals surface area (Å²) in [4.78, 5) is 68.2. The van der Waals surface area contributed by atoms with Gasteiger partial charge in [-0.3, -0.25) is 28.9 Å². The van der Waals surface area contributed by atoms with E-state index in [1.165, 1.54) is 29.2 Å². The van der Waals surface area contributed by atoms with Crippen molar-refractivity contribution in [3.63, 3.8) is 0 Å². The molecule has 43 heavy (non-hydrogen) atoms. The molecule has 2 aromatic carbocycles. The number of likely N-dealkylation sites (N-methyl/N-ethyl adjacent to an activating group) is 1. The zero-order valence-electron chi connectivity index (χ0n) is 24.3. The highest BCUT2D eigenvalue weighted by Crippen LogP contribution is 2.52. The summed E-state index contributed by atoms with van der Waals surface area (Å²) < 4.78 is 5.79. The van der Waals surface area contributed by atoms with Crippen LogP contribution >= 0.6 is 0 Å². The second kappa shape index (κ2) is 10.4. The minimum absolute atomic E-state index is 0.0172. The Kier molecular flexibility index (Phi) is 7.02. The zero-order chi connectivity index (χ0) is 31.0. The highest BCUT2D eigenvalue weighted by molar-refractivity contribution is 6.32. The zero-order valence-corrected chi connectivity index (χ0v) is 24.3. The maximum atomic E-state index is 14.0. The van der Waals surface area contributed by atoms with Crippen LogP contribution in [0, 0.1) is 23.7 Å². The number of aliphatic hydroxyl groups is 1. The number of amides is 1. The van der Waals surface area contributed by atoms with Crippen LogP contribution in [-0.4, -0.2) is 83.0 Å². The molecule has 0 saturated heterocycles. The van der Waals surface area contributed by atoms with Gasteiger partial charge in [-0.25, -0.2) is 0 Å². The minimum atomic E-state index is -2.75. The van der Waals surface area contributed by atoms with E-state index in [0.29, 0.717) is 23.4 Å². The van der Waals surface area contributed by atoms with Crippen molar-refractivity contribution in [1.82, 2.24) is 10.2 Å². The van der Waals surface area contributed by atoms with Crippen LogP contribution in [0.25, 0.3) is 0 Å². The van der Waals surface area contributed by atoms with Crippen LogP contribution < -0.4 is 15.8 Å². The number of hydrogen-bond acceptors (Lipinski definition) is 10. The highest BCUT2D eigenvalue weighted by Gasteiger charge is 2.69. The number of phenols is 1. The summed E-state index contributed by atoms with van der Waals surface area (Å²) in [5.41, 5.74) is 6.21. The molecule has 4 aliphatic carbocycles. The van der Waals surface area contributed by atoms with Gasteiger partial charge in [0.15, 0.2) is 34.7 Å². The quantitative estimate of drug-likeness (QED) is 0.339. The molecule has 2 aromatic rings. The number of ketones is 4. The fourth-order valence-electron chi connectivity index (χ4n) is 8.06. The van der Waals surface area contributed by atoms with E-state index >= 15 is 0 Å². The molecule has 0 aliphatic heterocycles. The van der Waals surface area contributed by atoms with E-state index in [1.54, 1.807) is 14.1 Å². The number of phenolic OH excluding ortho intramolecular Hbond substituents is 1. The number of Topliss-reactive ketones (excluding diaryl/α,β-unsaturated/α-hetero) is 4. The van der Waals surface area contributed by atoms with Crippen molar-refractivity contribution in [1.29, 1.82) is 0 Å². The van der Waals surface area contributed by atoms with Gasteiger partial charge in [0.1, 0.15) is 11.5 Å². The maximum absolute atomic E-state index is 14.0. The van der Waals surface area contributed by atoms with Gasteiger partial charge in [0.2, 0.25) is 5.91 Å². The van der Waals surface area contributed by atoms with Crippen molar-refractivity contribution in [2.75, 3.05) is 21.2 Å². The number of rotatable bonds is 6. The fraction of sp³-hybridized carbons (Fsp3) is 0.469. The molecule has 0 heterocycles. The molecule has 6 atom stereocenters. The molecule has 2 fully saturated rings. The number of carbonyl (C=O) groups is 5. The van der Waals surface area contributed by atoms with Gasteiger partial charge < -0.3 is 26.0 Å². The average Bonchev–Trinajstić information content (AvgIpc) is 3.36. The molecular weight excluding hydrogens is 554 g/mol. The van der Waals surface area contributed by atoms with E-state index in [-0.39, 0.29) is 30.2 Å². The Bertz CT molecular complexity index is 1560. The largest absolute Gasteiger partial charge is 0.507 e. The number of nitrogens with one attached hydrogen (secondary N) is 1. The third kappa shape index (κ3) is 4.24. The number of primary amides is 1. The number of benzene rings is 2. The van der Waals surface area contributed by atoms with Gasteiger partial charge >= 0.3 is 0 Å². The molecule has 226 valence electrons. The summed E-state index contributed by atoms with van der Waals surface area (Å²) in [6, 6.07) is 8.74. The number of nitrogens with zero attached hydrogens (tertiary/aromatic N) is 1. The summed E-state index contributed by atoms with van der Waals surface area (Å²) in [5.74, 6) is -10.3. The minimum Gasteiger partial charge on any atom is -0.507 e. The monoisotopic (exact) mass is 589 g/mol. The van der Waals surface area contributed by atoms with Crippen LogP contribution in [0.15, 0.2) is 30.3 Å². The van der Waals surface area contributed by atoms with E-state index in [4.69, 9.17) is 10.5 Å². The third-order valence-electron chi connectivity index (χ3n) is 9.92. The van der Waals surface area contributed by atoms with Crippen molar-refractivity contribution in [2.45, 2.75) is 49.9 Å². The molecular formula is C32H35N3O8. The predicted molar refractivity (Wildman–Crippen MR) is 152 cm³/mol. The van der Waals surface area contributed by atoms with Crippen molar-refractivity contribution >= 4 is 29.0 Å². The summed E-state index contributed by atoms with van der Waals surface area (Å²) in [6.07, 6.45) is 1.86. The van der Waals surface area contributed by atoms with E-state index in [2.05, 4.69) is 17.4 Å². The van der Waals surface area contributed by atoms with E-state index < -0.39 is 64.4 Å². The molecule has 11 heteroatoms. The Morgan fingerprint density at radius 1 is 1.09 bits per heavy atom. The van der Waals surface area contributed by atoms with Crippen LogP contribution in [0.3, 0.4) is 0 Å². The standard InChI is InChI=1S/C32H35N3O8/c1-35(2)25-20-11-16-10-19-23(26(37)22(16)29(39)32(20,42)30(40)24(27(25)38)31(33)41)21(36)12-17(28(19)43-3)13-34-18-8-14-6-4-5-7-15(14)9-18/h4-7,12,16,18,20,22,24-25,34,36,42H,8-11,13H2,1-3H3,(H2,33,41)/t16-,20-,22?,24?,25-,32-/m0/s1. The normalized spacial score (nSPS) is 30.1. The Balaban J connectivity index is 1.35. The summed E-state index contributed by atoms with van der Waals surface area (Å²) in [6.45, 7) is 0.368. The van der Waals surface area contributed by atoms with E-state index in [9.17, 15) is 34.2 Å². The van der Waals surface area contributed by atoms with Crippen LogP contribution in [0.1, 0.15) is 39.0 Å². The van der Waals surface area contributed by atoms with Crippen LogP contribution in [0.4, 0.5) is 0 Å². The van der Waals surface area contributed by atoms with Gasteiger partial charge in [0, 0.05) is 29.6 Å². The number of fused-ring (bicyclic) bond motifs is 4. The van der Waals surface area contributed by atoms with Crippen molar-refractivity contribution in [2.24, 2.45) is 29.4 Å². The van der Waals surface area contributed by atoms with Gasteiger partial charge in [-0.1, -0.05) is 24.3 Å². The first-order chi connectivity index (χ1) is 20.4. The van der Waals surface area contributed by atoms with Gasteiger partial charge in [-0.2, -0.15) is 0 Å². The van der Waals surface area contributed by atoms with Gasteiger partial charge in [-0.15, -0.1) is 0 Å². The smallest absolute Gasteiger partial charge is 0.235 e. The topological polar surface area (TPSA) is 176 Å². The van der Waals surface area contributed by atoms with Crippen LogP contribution in [0.2, 0.25) is 0 Å². The number of ether oxygens (including phenoxy) is 1. The SMILES string of the molecule is COc1c(CNC2Cc3ccccc3C2)cc(O)c2c1C[C@H]1C[C@H]3[C@H](N(C)C)C(=O)C(C(N)=O)C(=O)[C@@]3(O)C(=O)C1C2=O. The van der Waals surface area contributed by atoms with Crippen molar-refractivity contribution in [3.8, 4) is 11.5 Å². The van der Waals surface area contributed by atoms with Crippen LogP contribution in [0.5, 0.6) is 11.5 Å². The third-order valence-corrected chi connectivity index (χ3v) is 9.92. The maximum Gasteiger partial charge on any atom is 0.235 e. The molecule has 5 N–H and O–H groups in total. The summed E-state index contributed by atoms with van der Waals surface area (Å²) in [7, 11) is 4.59. The van der Waals surface area contributed by atoms with E-state index in [0.717, 1.165) is 12.8 Å². The first-order valence-corrected chi connectivity index (χ1v) is 14.5. The van der Waals surface area contributed by atoms with Crippen molar-refractivity contribution in [3.05, 3.63) is 58.1 Å². The Morgan fingerprint density at radius 3 is 2.33 bits per heavy atom. The predicted octanol–water partition coefficient (Wildman–Crippen LogP) is 0.133. The Labute approximate surface area is 248 Å². The number of methoxy groups -OCH3 is 1. The lowest BCUT2D eigenvalue weighted by Gasteiger charge is -2.52.